The van der Waals surface area contributed by atoms with Crippen LogP contribution in [-0.4, -0.2) is 11.3 Å². The second-order valence-electron chi connectivity index (χ2n) is 11.0. The van der Waals surface area contributed by atoms with E-state index in [0.717, 1.165) is 0 Å². The Kier molecular flexibility index (Phi) is 4.37. The van der Waals surface area contributed by atoms with Crippen LogP contribution in [0.2, 0.25) is 0 Å². The summed E-state index contributed by atoms with van der Waals surface area (Å²) < 4.78 is 2.54. The van der Waals surface area contributed by atoms with Crippen molar-refractivity contribution in [1.82, 2.24) is 4.57 Å². The van der Waals surface area contributed by atoms with Crippen molar-refractivity contribution in [2.45, 2.75) is 6.92 Å². The Morgan fingerprint density at radius 1 is 0.550 bits per heavy atom. The number of para-hydroxylation sites is 4. The lowest BCUT2D eigenvalue weighted by Gasteiger charge is -2.40. The summed E-state index contributed by atoms with van der Waals surface area (Å²) in [5.41, 5.74) is 15.5. The molecule has 40 heavy (non-hydrogen) atoms. The number of nitrogens with zero attached hydrogens (tertiary/aromatic N) is 2. The zero-order valence-corrected chi connectivity index (χ0v) is 22.2. The zero-order chi connectivity index (χ0) is 26.4. The van der Waals surface area contributed by atoms with E-state index in [1.54, 1.807) is 0 Å². The van der Waals surface area contributed by atoms with Gasteiger partial charge in [0.2, 0.25) is 0 Å². The van der Waals surface area contributed by atoms with Gasteiger partial charge in [-0.25, -0.2) is 0 Å². The summed E-state index contributed by atoms with van der Waals surface area (Å²) in [5.74, 6) is 0. The van der Waals surface area contributed by atoms with Crippen LogP contribution >= 0.6 is 0 Å². The quantitative estimate of drug-likeness (QED) is 0.221. The number of anilines is 3. The van der Waals surface area contributed by atoms with Crippen molar-refractivity contribution in [3.63, 3.8) is 0 Å². The topological polar surface area (TPSA) is 8.17 Å². The molecule has 0 atom stereocenters. The highest BCUT2D eigenvalue weighted by Gasteiger charge is 2.42. The van der Waals surface area contributed by atoms with E-state index >= 15 is 0 Å². The Bertz CT molecular complexity index is 2140. The molecular weight excluding hydrogens is 483 g/mol. The summed E-state index contributed by atoms with van der Waals surface area (Å²) in [6.07, 6.45) is 0. The summed E-state index contributed by atoms with van der Waals surface area (Å²) in [4.78, 5) is 2.48. The number of aromatic nitrogens is 1. The fourth-order valence-electron chi connectivity index (χ4n) is 7.27. The SMILES string of the molecule is Cc1ccccc1-c1cc2c3c(c1)-n1c4ccccc4c4cccc(c41)B3c1ccccc1N2c1ccccc1. The van der Waals surface area contributed by atoms with Crippen molar-refractivity contribution in [2.75, 3.05) is 4.90 Å². The minimum absolute atomic E-state index is 0.160. The third-order valence-electron chi connectivity index (χ3n) is 8.90. The Balaban J connectivity index is 1.50. The summed E-state index contributed by atoms with van der Waals surface area (Å²) in [6, 6.07) is 49.2. The lowest BCUT2D eigenvalue weighted by Crippen LogP contribution is -2.60. The van der Waals surface area contributed by atoms with Crippen LogP contribution < -0.4 is 21.3 Å². The largest absolute Gasteiger partial charge is 0.311 e. The van der Waals surface area contributed by atoms with Crippen LogP contribution in [0.25, 0.3) is 38.6 Å². The van der Waals surface area contributed by atoms with E-state index < -0.39 is 0 Å². The number of hydrogen-bond acceptors (Lipinski definition) is 1. The van der Waals surface area contributed by atoms with E-state index in [2.05, 4.69) is 150 Å². The van der Waals surface area contributed by atoms with Gasteiger partial charge in [-0.1, -0.05) is 97.1 Å². The number of hydrogen-bond donors (Lipinski definition) is 0. The minimum Gasteiger partial charge on any atom is -0.311 e. The Labute approximate surface area is 233 Å². The van der Waals surface area contributed by atoms with Crippen molar-refractivity contribution in [3.05, 3.63) is 139 Å². The second-order valence-corrected chi connectivity index (χ2v) is 11.0. The maximum atomic E-state index is 2.54. The van der Waals surface area contributed by atoms with Gasteiger partial charge in [-0.2, -0.15) is 0 Å². The van der Waals surface area contributed by atoms with E-state index in [0.29, 0.717) is 0 Å². The maximum Gasteiger partial charge on any atom is 0.252 e. The molecule has 3 heterocycles. The lowest BCUT2D eigenvalue weighted by atomic mass is 9.33. The number of fused-ring (bicyclic) bond motifs is 7. The molecule has 0 saturated heterocycles. The number of benzene rings is 6. The molecule has 3 heteroatoms. The van der Waals surface area contributed by atoms with Gasteiger partial charge in [-0.05, 0) is 76.4 Å². The van der Waals surface area contributed by atoms with Gasteiger partial charge in [0.15, 0.2) is 0 Å². The van der Waals surface area contributed by atoms with Gasteiger partial charge >= 0.3 is 0 Å². The average molecular weight is 508 g/mol. The van der Waals surface area contributed by atoms with Gasteiger partial charge < -0.3 is 9.47 Å². The van der Waals surface area contributed by atoms with Crippen LogP contribution in [0.15, 0.2) is 133 Å². The van der Waals surface area contributed by atoms with Crippen molar-refractivity contribution >= 4 is 62.0 Å². The van der Waals surface area contributed by atoms with E-state index in [1.165, 1.54) is 77.6 Å². The summed E-state index contributed by atoms with van der Waals surface area (Å²) >= 11 is 0. The molecule has 186 valence electrons. The van der Waals surface area contributed by atoms with Crippen LogP contribution in [0, 0.1) is 6.92 Å². The van der Waals surface area contributed by atoms with Crippen LogP contribution in [0.3, 0.4) is 0 Å². The van der Waals surface area contributed by atoms with Crippen LogP contribution in [-0.2, 0) is 0 Å². The molecule has 0 bridgehead atoms. The molecule has 2 nitrogen and oxygen atoms in total. The van der Waals surface area contributed by atoms with E-state index in [9.17, 15) is 0 Å². The Hall–Kier alpha value is -5.02. The molecule has 0 spiro atoms. The minimum atomic E-state index is 0.160. The van der Waals surface area contributed by atoms with E-state index in [-0.39, 0.29) is 6.71 Å². The molecule has 0 N–H and O–H groups in total. The number of rotatable bonds is 2. The molecule has 0 fully saturated rings. The molecule has 9 rings (SSSR count). The molecule has 7 aromatic rings. The highest BCUT2D eigenvalue weighted by atomic mass is 15.2. The van der Waals surface area contributed by atoms with Crippen molar-refractivity contribution in [2.24, 2.45) is 0 Å². The molecule has 0 aliphatic carbocycles. The first-order chi connectivity index (χ1) is 19.8. The molecule has 0 amide bonds. The van der Waals surface area contributed by atoms with Gasteiger partial charge in [0, 0.05) is 39.0 Å². The first-order valence-corrected chi connectivity index (χ1v) is 14.0. The zero-order valence-electron chi connectivity index (χ0n) is 22.2. The smallest absolute Gasteiger partial charge is 0.252 e. The normalized spacial score (nSPS) is 13.0. The predicted octanol–water partition coefficient (Wildman–Crippen LogP) is 7.37. The Morgan fingerprint density at radius 2 is 1.25 bits per heavy atom. The van der Waals surface area contributed by atoms with Gasteiger partial charge in [0.05, 0.1) is 5.52 Å². The van der Waals surface area contributed by atoms with Crippen LogP contribution in [0.4, 0.5) is 17.1 Å². The summed E-state index contributed by atoms with van der Waals surface area (Å²) in [6.45, 7) is 2.37. The summed E-state index contributed by atoms with van der Waals surface area (Å²) in [5, 5.41) is 2.63. The van der Waals surface area contributed by atoms with E-state index in [1.807, 2.05) is 0 Å². The number of aryl methyl sites for hydroxylation is 1. The monoisotopic (exact) mass is 508 g/mol. The van der Waals surface area contributed by atoms with Gasteiger partial charge in [-0.3, -0.25) is 0 Å². The molecule has 0 radical (unpaired) electrons. The van der Waals surface area contributed by atoms with Crippen LogP contribution in [0.5, 0.6) is 0 Å². The van der Waals surface area contributed by atoms with Gasteiger partial charge in [-0.15, -0.1) is 0 Å². The van der Waals surface area contributed by atoms with E-state index in [4.69, 9.17) is 0 Å². The molecule has 1 aromatic heterocycles. The predicted molar refractivity (Wildman–Crippen MR) is 170 cm³/mol. The van der Waals surface area contributed by atoms with Gasteiger partial charge in [0.1, 0.15) is 0 Å². The molecule has 6 aromatic carbocycles. The summed E-state index contributed by atoms with van der Waals surface area (Å²) in [7, 11) is 0. The Morgan fingerprint density at radius 3 is 2.15 bits per heavy atom. The third kappa shape index (κ3) is 2.79. The maximum absolute atomic E-state index is 2.54. The molecule has 2 aliphatic rings. The highest BCUT2D eigenvalue weighted by Crippen LogP contribution is 2.43. The van der Waals surface area contributed by atoms with Gasteiger partial charge in [0.25, 0.3) is 6.71 Å². The van der Waals surface area contributed by atoms with Crippen LogP contribution in [0.1, 0.15) is 5.56 Å². The lowest BCUT2D eigenvalue weighted by molar-refractivity contribution is 1.18. The second kappa shape index (κ2) is 8.00. The van der Waals surface area contributed by atoms with Crippen molar-refractivity contribution in [1.29, 1.82) is 0 Å². The third-order valence-corrected chi connectivity index (χ3v) is 8.90. The average Bonchev–Trinajstić information content (AvgIpc) is 3.35. The standard InChI is InChI=1S/C37H25BN2/c1-24-12-5-6-15-27(24)25-22-34-36-35(23-25)40-32-20-9-7-16-28(32)29-17-11-19-31(37(29)40)38(36)30-18-8-10-21-33(30)39(34)26-13-3-2-4-14-26/h2-23H,1H3. The molecular formula is C37H25BN2. The molecule has 2 aliphatic heterocycles. The first kappa shape index (κ1) is 21.9. The fraction of sp³-hybridized carbons (Fsp3) is 0.0270. The first-order valence-electron chi connectivity index (χ1n) is 14.0. The fourth-order valence-corrected chi connectivity index (χ4v) is 7.27. The van der Waals surface area contributed by atoms with Crippen molar-refractivity contribution in [3.8, 4) is 16.8 Å². The molecule has 0 saturated carbocycles. The molecule has 0 unspecified atom stereocenters. The van der Waals surface area contributed by atoms with Crippen molar-refractivity contribution < 1.29 is 0 Å². The highest BCUT2D eigenvalue weighted by molar-refractivity contribution is 7.00.